The molecule has 2 aromatic rings. The number of nitrogens with one attached hydrogen (secondary N) is 1. The molecule has 0 bridgehead atoms. The smallest absolute Gasteiger partial charge is 0.309 e. The van der Waals surface area contributed by atoms with Gasteiger partial charge in [0.15, 0.2) is 6.61 Å². The minimum Gasteiger partial charge on any atom is -0.493 e. The van der Waals surface area contributed by atoms with Gasteiger partial charge in [-0.15, -0.1) is 0 Å². The Bertz CT molecular complexity index is 853. The third-order valence-corrected chi connectivity index (χ3v) is 4.30. The largest absolute Gasteiger partial charge is 0.493 e. The third-order valence-electron chi connectivity index (χ3n) is 4.30. The minimum absolute atomic E-state index is 0.0361. The van der Waals surface area contributed by atoms with Crippen LogP contribution in [0.3, 0.4) is 0 Å². The zero-order chi connectivity index (χ0) is 19.9. The number of carbonyl (C=O) groups excluding carboxylic acids is 3. The average molecular weight is 382 g/mol. The molecule has 0 spiro atoms. The fourth-order valence-corrected chi connectivity index (χ4v) is 3.02. The number of hydrogen-bond donors (Lipinski definition) is 1. The van der Waals surface area contributed by atoms with Crippen molar-refractivity contribution in [1.29, 1.82) is 0 Å². The summed E-state index contributed by atoms with van der Waals surface area (Å²) in [6, 6.07) is 15.8. The Kier molecular flexibility index (Phi) is 6.26. The average Bonchev–Trinajstić information content (AvgIpc) is 2.81. The number of hydrogen-bond acceptors (Lipinski definition) is 5. The molecule has 3 rings (SSSR count). The first-order valence-corrected chi connectivity index (χ1v) is 9.09. The van der Waals surface area contributed by atoms with Crippen molar-refractivity contribution < 1.29 is 23.9 Å². The summed E-state index contributed by atoms with van der Waals surface area (Å²) < 4.78 is 10.6. The van der Waals surface area contributed by atoms with E-state index < -0.39 is 12.6 Å². The lowest BCUT2D eigenvalue weighted by molar-refractivity contribution is -0.148. The van der Waals surface area contributed by atoms with Crippen LogP contribution in [-0.4, -0.2) is 37.0 Å². The van der Waals surface area contributed by atoms with Crippen LogP contribution in [0.15, 0.2) is 54.6 Å². The van der Waals surface area contributed by atoms with E-state index in [9.17, 15) is 14.4 Å². The Balaban J connectivity index is 1.55. The van der Waals surface area contributed by atoms with Crippen LogP contribution in [0, 0.1) is 0 Å². The van der Waals surface area contributed by atoms with Crippen LogP contribution in [0.1, 0.15) is 19.8 Å². The molecule has 1 aliphatic rings. The second-order valence-electron chi connectivity index (χ2n) is 6.45. The van der Waals surface area contributed by atoms with Crippen LogP contribution in [0.5, 0.6) is 5.75 Å². The van der Waals surface area contributed by atoms with Gasteiger partial charge >= 0.3 is 5.97 Å². The van der Waals surface area contributed by atoms with E-state index >= 15 is 0 Å². The van der Waals surface area contributed by atoms with E-state index in [1.54, 1.807) is 43.3 Å². The number of carbonyl (C=O) groups is 3. The highest BCUT2D eigenvalue weighted by atomic mass is 16.5. The number of esters is 1. The first-order valence-electron chi connectivity index (χ1n) is 9.09. The topological polar surface area (TPSA) is 84.9 Å². The van der Waals surface area contributed by atoms with E-state index in [0.717, 1.165) is 0 Å². The maximum atomic E-state index is 12.7. The number of ether oxygens (including phenoxy) is 2. The molecule has 7 heteroatoms. The van der Waals surface area contributed by atoms with E-state index in [2.05, 4.69) is 5.32 Å². The standard InChI is InChI=1S/C21H22N2O5/c1-15-13-19(24)22-17-9-5-6-10-18(17)23(15)20(25)14-28-21(26)11-12-27-16-7-3-2-4-8-16/h2-10,15H,11-14H2,1H3,(H,22,24)/t15-/m0/s1. The molecule has 28 heavy (non-hydrogen) atoms. The van der Waals surface area contributed by atoms with Crippen LogP contribution in [0.2, 0.25) is 0 Å². The van der Waals surface area contributed by atoms with Gasteiger partial charge in [0, 0.05) is 12.5 Å². The third kappa shape index (κ3) is 4.88. The van der Waals surface area contributed by atoms with Gasteiger partial charge in [-0.05, 0) is 31.2 Å². The zero-order valence-corrected chi connectivity index (χ0v) is 15.6. The molecule has 2 aromatic carbocycles. The zero-order valence-electron chi connectivity index (χ0n) is 15.6. The van der Waals surface area contributed by atoms with Crippen molar-refractivity contribution in [2.24, 2.45) is 0 Å². The summed E-state index contributed by atoms with van der Waals surface area (Å²) in [7, 11) is 0. The summed E-state index contributed by atoms with van der Waals surface area (Å²) in [4.78, 5) is 38.1. The molecule has 0 fully saturated rings. The van der Waals surface area contributed by atoms with Crippen LogP contribution in [0.4, 0.5) is 11.4 Å². The van der Waals surface area contributed by atoms with Crippen molar-refractivity contribution in [1.82, 2.24) is 0 Å². The first-order chi connectivity index (χ1) is 13.5. The molecule has 1 N–H and O–H groups in total. The summed E-state index contributed by atoms with van der Waals surface area (Å²) in [5, 5.41) is 2.79. The number of nitrogens with zero attached hydrogens (tertiary/aromatic N) is 1. The number of benzene rings is 2. The molecule has 146 valence electrons. The van der Waals surface area contributed by atoms with Gasteiger partial charge in [-0.3, -0.25) is 14.4 Å². The Morgan fingerprint density at radius 1 is 1.11 bits per heavy atom. The molecule has 2 amide bonds. The maximum Gasteiger partial charge on any atom is 0.309 e. The number of amides is 2. The highest BCUT2D eigenvalue weighted by Crippen LogP contribution is 2.31. The van der Waals surface area contributed by atoms with E-state index in [0.29, 0.717) is 17.1 Å². The van der Waals surface area contributed by atoms with E-state index in [-0.39, 0.29) is 37.3 Å². The highest BCUT2D eigenvalue weighted by molar-refractivity contribution is 6.05. The summed E-state index contributed by atoms with van der Waals surface area (Å²) in [5.74, 6) is -0.396. The van der Waals surface area contributed by atoms with Crippen LogP contribution in [-0.2, 0) is 19.1 Å². The second-order valence-corrected chi connectivity index (χ2v) is 6.45. The van der Waals surface area contributed by atoms with Crippen molar-refractivity contribution in [2.45, 2.75) is 25.8 Å². The van der Waals surface area contributed by atoms with Gasteiger partial charge in [-0.2, -0.15) is 0 Å². The Morgan fingerprint density at radius 2 is 1.82 bits per heavy atom. The summed E-state index contributed by atoms with van der Waals surface area (Å²) in [5.41, 5.74) is 1.15. The number of anilines is 2. The molecular weight excluding hydrogens is 360 g/mol. The van der Waals surface area contributed by atoms with Gasteiger partial charge < -0.3 is 19.7 Å². The Labute approximate surface area is 163 Å². The molecule has 0 unspecified atom stereocenters. The van der Waals surface area contributed by atoms with Crippen molar-refractivity contribution in [2.75, 3.05) is 23.4 Å². The molecule has 1 heterocycles. The highest BCUT2D eigenvalue weighted by Gasteiger charge is 2.29. The fraction of sp³-hybridized carbons (Fsp3) is 0.286. The first kappa shape index (κ1) is 19.4. The molecule has 1 atom stereocenters. The predicted octanol–water partition coefficient (Wildman–Crippen LogP) is 2.76. The predicted molar refractivity (Wildman–Crippen MR) is 104 cm³/mol. The molecular formula is C21H22N2O5. The lowest BCUT2D eigenvalue weighted by Crippen LogP contribution is -2.41. The Morgan fingerprint density at radius 3 is 2.61 bits per heavy atom. The normalized spacial score (nSPS) is 15.8. The van der Waals surface area contributed by atoms with Crippen molar-refractivity contribution in [3.63, 3.8) is 0 Å². The Hall–Kier alpha value is -3.35. The summed E-state index contributed by atoms with van der Waals surface area (Å²) in [6.45, 7) is 1.56. The van der Waals surface area contributed by atoms with Crippen LogP contribution < -0.4 is 15.0 Å². The van der Waals surface area contributed by atoms with Crippen molar-refractivity contribution in [3.05, 3.63) is 54.6 Å². The fourth-order valence-electron chi connectivity index (χ4n) is 3.02. The molecule has 0 radical (unpaired) electrons. The van der Waals surface area contributed by atoms with Crippen molar-refractivity contribution in [3.8, 4) is 5.75 Å². The van der Waals surface area contributed by atoms with Gasteiger partial charge in [0.2, 0.25) is 5.91 Å². The lowest BCUT2D eigenvalue weighted by Gasteiger charge is -2.27. The lowest BCUT2D eigenvalue weighted by atomic mass is 10.1. The van der Waals surface area contributed by atoms with Gasteiger partial charge in [-0.1, -0.05) is 30.3 Å². The molecule has 7 nitrogen and oxygen atoms in total. The molecule has 1 aliphatic heterocycles. The van der Waals surface area contributed by atoms with Gasteiger partial charge in [-0.25, -0.2) is 0 Å². The molecule has 0 aliphatic carbocycles. The number of rotatable bonds is 6. The van der Waals surface area contributed by atoms with E-state index in [4.69, 9.17) is 9.47 Å². The van der Waals surface area contributed by atoms with Crippen molar-refractivity contribution >= 4 is 29.2 Å². The van der Waals surface area contributed by atoms with E-state index in [1.807, 2.05) is 18.2 Å². The second kappa shape index (κ2) is 9.03. The quantitative estimate of drug-likeness (QED) is 0.777. The van der Waals surface area contributed by atoms with Gasteiger partial charge in [0.1, 0.15) is 5.75 Å². The maximum absolute atomic E-state index is 12.7. The molecule has 0 saturated carbocycles. The molecule has 0 saturated heterocycles. The SMILES string of the molecule is C[C@H]1CC(=O)Nc2ccccc2N1C(=O)COC(=O)CCOc1ccccc1. The summed E-state index contributed by atoms with van der Waals surface area (Å²) >= 11 is 0. The number of fused-ring (bicyclic) bond motifs is 1. The number of para-hydroxylation sites is 3. The minimum atomic E-state index is -0.519. The molecule has 0 aromatic heterocycles. The monoisotopic (exact) mass is 382 g/mol. The van der Waals surface area contributed by atoms with Gasteiger partial charge in [0.05, 0.1) is 24.4 Å². The van der Waals surface area contributed by atoms with Gasteiger partial charge in [0.25, 0.3) is 5.91 Å². The van der Waals surface area contributed by atoms with Crippen LogP contribution >= 0.6 is 0 Å². The van der Waals surface area contributed by atoms with Crippen LogP contribution in [0.25, 0.3) is 0 Å². The summed E-state index contributed by atoms with van der Waals surface area (Å²) in [6.07, 6.45) is 0.202. The van der Waals surface area contributed by atoms with E-state index in [1.165, 1.54) is 4.90 Å².